The normalized spacial score (nSPS) is 13.8. The lowest BCUT2D eigenvalue weighted by Gasteiger charge is -2.30. The summed E-state index contributed by atoms with van der Waals surface area (Å²) < 4.78 is 1.11. The Morgan fingerprint density at radius 1 is 1.21 bits per heavy atom. The van der Waals surface area contributed by atoms with Gasteiger partial charge in [-0.1, -0.05) is 22.0 Å². The molecule has 1 aromatic carbocycles. The van der Waals surface area contributed by atoms with Crippen molar-refractivity contribution in [3.05, 3.63) is 51.9 Å². The SMILES string of the molecule is N#Cc1nccnc1N1CCc2cc(Br)ccc2C1. The molecule has 2 aromatic rings. The molecule has 0 spiro atoms. The fraction of sp³-hybridized carbons (Fsp3) is 0.214. The van der Waals surface area contributed by atoms with Crippen LogP contribution in [0.1, 0.15) is 16.8 Å². The Kier molecular flexibility index (Phi) is 3.18. The molecule has 94 valence electrons. The van der Waals surface area contributed by atoms with Crippen LogP contribution in [0.5, 0.6) is 0 Å². The van der Waals surface area contributed by atoms with Crippen molar-refractivity contribution in [2.24, 2.45) is 0 Å². The molecule has 0 bridgehead atoms. The van der Waals surface area contributed by atoms with Crippen LogP contribution in [-0.2, 0) is 13.0 Å². The molecule has 5 heteroatoms. The second-order valence-electron chi connectivity index (χ2n) is 4.42. The van der Waals surface area contributed by atoms with Gasteiger partial charge in [0.1, 0.15) is 6.07 Å². The second kappa shape index (κ2) is 4.98. The van der Waals surface area contributed by atoms with Crippen molar-refractivity contribution in [1.29, 1.82) is 5.26 Å². The number of aromatic nitrogens is 2. The van der Waals surface area contributed by atoms with Crippen LogP contribution in [0.2, 0.25) is 0 Å². The molecule has 0 N–H and O–H groups in total. The monoisotopic (exact) mass is 314 g/mol. The maximum atomic E-state index is 9.10. The first-order chi connectivity index (χ1) is 9.28. The lowest BCUT2D eigenvalue weighted by Crippen LogP contribution is -2.31. The zero-order chi connectivity index (χ0) is 13.2. The average Bonchev–Trinajstić information content (AvgIpc) is 2.46. The van der Waals surface area contributed by atoms with E-state index in [0.717, 1.165) is 24.0 Å². The van der Waals surface area contributed by atoms with Crippen LogP contribution in [0.3, 0.4) is 0 Å². The maximum Gasteiger partial charge on any atom is 0.183 e. The summed E-state index contributed by atoms with van der Waals surface area (Å²) in [4.78, 5) is 10.5. The minimum absolute atomic E-state index is 0.392. The van der Waals surface area contributed by atoms with Crippen LogP contribution in [0.4, 0.5) is 5.82 Å². The number of hydrogen-bond acceptors (Lipinski definition) is 4. The molecule has 1 aliphatic heterocycles. The average molecular weight is 315 g/mol. The number of halogens is 1. The van der Waals surface area contributed by atoms with Gasteiger partial charge in [-0.15, -0.1) is 0 Å². The van der Waals surface area contributed by atoms with Gasteiger partial charge in [-0.3, -0.25) is 0 Å². The van der Waals surface area contributed by atoms with Crippen LogP contribution in [0.15, 0.2) is 35.1 Å². The Bertz CT molecular complexity index is 663. The molecule has 4 nitrogen and oxygen atoms in total. The number of nitriles is 1. The minimum Gasteiger partial charge on any atom is -0.350 e. The smallest absolute Gasteiger partial charge is 0.183 e. The van der Waals surface area contributed by atoms with E-state index < -0.39 is 0 Å². The van der Waals surface area contributed by atoms with E-state index >= 15 is 0 Å². The Morgan fingerprint density at radius 3 is 2.89 bits per heavy atom. The molecule has 0 aliphatic carbocycles. The van der Waals surface area contributed by atoms with E-state index in [1.807, 2.05) is 6.07 Å². The van der Waals surface area contributed by atoms with Crippen LogP contribution < -0.4 is 4.90 Å². The van der Waals surface area contributed by atoms with Crippen molar-refractivity contribution in [2.75, 3.05) is 11.4 Å². The topological polar surface area (TPSA) is 52.8 Å². The van der Waals surface area contributed by atoms with E-state index in [1.54, 1.807) is 12.4 Å². The zero-order valence-electron chi connectivity index (χ0n) is 10.2. The lowest BCUT2D eigenvalue weighted by molar-refractivity contribution is 0.716. The highest BCUT2D eigenvalue weighted by Crippen LogP contribution is 2.26. The number of anilines is 1. The first kappa shape index (κ1) is 12.1. The fourth-order valence-electron chi connectivity index (χ4n) is 2.34. The number of fused-ring (bicyclic) bond motifs is 1. The summed E-state index contributed by atoms with van der Waals surface area (Å²) in [7, 11) is 0. The molecule has 0 unspecified atom stereocenters. The molecule has 2 heterocycles. The molecular weight excluding hydrogens is 304 g/mol. The van der Waals surface area contributed by atoms with E-state index in [-0.39, 0.29) is 0 Å². The van der Waals surface area contributed by atoms with Crippen molar-refractivity contribution in [2.45, 2.75) is 13.0 Å². The molecule has 0 amide bonds. The fourth-order valence-corrected chi connectivity index (χ4v) is 2.75. The third-order valence-corrected chi connectivity index (χ3v) is 3.76. The molecule has 0 fully saturated rings. The van der Waals surface area contributed by atoms with E-state index in [2.05, 4.69) is 49.0 Å². The van der Waals surface area contributed by atoms with Gasteiger partial charge in [0.2, 0.25) is 0 Å². The molecule has 1 aliphatic rings. The van der Waals surface area contributed by atoms with Crippen LogP contribution in [0, 0.1) is 11.3 Å². The summed E-state index contributed by atoms with van der Waals surface area (Å²) in [5, 5.41) is 9.10. The van der Waals surface area contributed by atoms with Gasteiger partial charge in [0.25, 0.3) is 0 Å². The standard InChI is InChI=1S/C14H11BrN4/c15-12-2-1-11-9-19(6-3-10(11)7-12)14-13(8-16)17-4-5-18-14/h1-2,4-5,7H,3,6,9H2. The van der Waals surface area contributed by atoms with Gasteiger partial charge in [0.15, 0.2) is 11.5 Å². The highest BCUT2D eigenvalue weighted by molar-refractivity contribution is 9.10. The maximum absolute atomic E-state index is 9.10. The Balaban J connectivity index is 1.94. The molecule has 0 radical (unpaired) electrons. The predicted molar refractivity (Wildman–Crippen MR) is 75.6 cm³/mol. The van der Waals surface area contributed by atoms with E-state index in [0.29, 0.717) is 11.5 Å². The van der Waals surface area contributed by atoms with Gasteiger partial charge in [-0.05, 0) is 29.7 Å². The second-order valence-corrected chi connectivity index (χ2v) is 5.34. The number of benzene rings is 1. The van der Waals surface area contributed by atoms with Crippen LogP contribution in [-0.4, -0.2) is 16.5 Å². The molecule has 1 aromatic heterocycles. The highest BCUT2D eigenvalue weighted by atomic mass is 79.9. The van der Waals surface area contributed by atoms with Crippen LogP contribution >= 0.6 is 15.9 Å². The van der Waals surface area contributed by atoms with Gasteiger partial charge in [0, 0.05) is 30.0 Å². The van der Waals surface area contributed by atoms with Gasteiger partial charge in [-0.25, -0.2) is 9.97 Å². The molecule has 0 saturated heterocycles. The van der Waals surface area contributed by atoms with Gasteiger partial charge in [-0.2, -0.15) is 5.26 Å². The van der Waals surface area contributed by atoms with Gasteiger partial charge in [0.05, 0.1) is 0 Å². The van der Waals surface area contributed by atoms with Gasteiger partial charge >= 0.3 is 0 Å². The van der Waals surface area contributed by atoms with E-state index in [4.69, 9.17) is 5.26 Å². The summed E-state index contributed by atoms with van der Waals surface area (Å²) in [5.41, 5.74) is 3.03. The summed E-state index contributed by atoms with van der Waals surface area (Å²) >= 11 is 3.49. The highest BCUT2D eigenvalue weighted by Gasteiger charge is 2.20. The number of rotatable bonds is 1. The van der Waals surface area contributed by atoms with E-state index in [1.165, 1.54) is 11.1 Å². The summed E-state index contributed by atoms with van der Waals surface area (Å²) in [6.45, 7) is 1.63. The third kappa shape index (κ3) is 2.32. The van der Waals surface area contributed by atoms with Crippen molar-refractivity contribution in [1.82, 2.24) is 9.97 Å². The Labute approximate surface area is 119 Å². The minimum atomic E-state index is 0.392. The molecule has 0 atom stereocenters. The largest absolute Gasteiger partial charge is 0.350 e. The van der Waals surface area contributed by atoms with E-state index in [9.17, 15) is 0 Å². The summed E-state index contributed by atoms with van der Waals surface area (Å²) in [6.07, 6.45) is 4.14. The van der Waals surface area contributed by atoms with Crippen molar-refractivity contribution in [3.63, 3.8) is 0 Å². The van der Waals surface area contributed by atoms with Gasteiger partial charge < -0.3 is 4.90 Å². The van der Waals surface area contributed by atoms with Crippen molar-refractivity contribution < 1.29 is 0 Å². The first-order valence-electron chi connectivity index (χ1n) is 6.01. The summed E-state index contributed by atoms with van der Waals surface area (Å²) in [6, 6.07) is 8.43. The van der Waals surface area contributed by atoms with Crippen molar-refractivity contribution >= 4 is 21.7 Å². The lowest BCUT2D eigenvalue weighted by atomic mass is 10.00. The first-order valence-corrected chi connectivity index (χ1v) is 6.80. The van der Waals surface area contributed by atoms with Crippen LogP contribution in [0.25, 0.3) is 0 Å². The predicted octanol–water partition coefficient (Wildman–Crippen LogP) is 2.67. The quantitative estimate of drug-likeness (QED) is 0.812. The van der Waals surface area contributed by atoms with Crippen molar-refractivity contribution in [3.8, 4) is 6.07 Å². The molecule has 3 rings (SSSR count). The number of hydrogen-bond donors (Lipinski definition) is 0. The number of nitrogens with zero attached hydrogens (tertiary/aromatic N) is 4. The Hall–Kier alpha value is -1.93. The third-order valence-electron chi connectivity index (χ3n) is 3.26. The molecule has 0 saturated carbocycles. The molecule has 19 heavy (non-hydrogen) atoms. The summed E-state index contributed by atoms with van der Waals surface area (Å²) in [5.74, 6) is 0.679. The zero-order valence-corrected chi connectivity index (χ0v) is 11.8. The Morgan fingerprint density at radius 2 is 2.05 bits per heavy atom. The molecular formula is C14H11BrN4.